The van der Waals surface area contributed by atoms with Gasteiger partial charge in [-0.3, -0.25) is 24.1 Å². The van der Waals surface area contributed by atoms with Gasteiger partial charge in [0.05, 0.1) is 34.5 Å². The highest BCUT2D eigenvalue weighted by atomic mass is 16.3. The molecule has 3 aromatic carbocycles. The summed E-state index contributed by atoms with van der Waals surface area (Å²) in [5, 5.41) is 10.3. The molecule has 6 atom stereocenters. The molecule has 7 heteroatoms. The van der Waals surface area contributed by atoms with E-state index in [0.29, 0.717) is 29.8 Å². The van der Waals surface area contributed by atoms with Gasteiger partial charge in [0.15, 0.2) is 0 Å². The summed E-state index contributed by atoms with van der Waals surface area (Å²) >= 11 is 0. The van der Waals surface area contributed by atoms with Crippen molar-refractivity contribution in [3.8, 4) is 5.75 Å². The molecule has 2 aliphatic heterocycles. The molecular weight excluding hydrogens is 540 g/mol. The zero-order chi connectivity index (χ0) is 30.2. The molecule has 4 amide bonds. The van der Waals surface area contributed by atoms with Crippen LogP contribution in [0.4, 0.5) is 11.4 Å². The van der Waals surface area contributed by atoms with Crippen LogP contribution >= 0.6 is 0 Å². The lowest BCUT2D eigenvalue weighted by Crippen LogP contribution is -2.48. The summed E-state index contributed by atoms with van der Waals surface area (Å²) in [6.45, 7) is 7.45. The number of carbonyl (C=O) groups is 4. The van der Waals surface area contributed by atoms with Gasteiger partial charge in [-0.25, -0.2) is 4.90 Å². The molecule has 2 saturated heterocycles. The zero-order valence-electron chi connectivity index (χ0n) is 24.1. The highest BCUT2D eigenvalue weighted by Crippen LogP contribution is 2.63. The van der Waals surface area contributed by atoms with E-state index in [2.05, 4.69) is 6.58 Å². The van der Waals surface area contributed by atoms with Crippen molar-refractivity contribution < 1.29 is 24.3 Å². The lowest BCUT2D eigenvalue weighted by molar-refractivity contribution is -0.131. The lowest BCUT2D eigenvalue weighted by Gasteiger charge is -2.49. The number of hydrogen-bond acceptors (Lipinski definition) is 5. The molecular formula is C36H32N2O5. The summed E-state index contributed by atoms with van der Waals surface area (Å²) in [5.41, 5.74) is 3.20. The van der Waals surface area contributed by atoms with E-state index in [1.807, 2.05) is 43.3 Å². The molecule has 216 valence electrons. The third-order valence-corrected chi connectivity index (χ3v) is 10.2. The predicted octanol–water partition coefficient (Wildman–Crippen LogP) is 5.78. The number of phenolic OH excluding ortho intramolecular Hbond substituents is 1. The third-order valence-electron chi connectivity index (χ3n) is 10.2. The van der Waals surface area contributed by atoms with Crippen LogP contribution in [0.1, 0.15) is 42.4 Å². The van der Waals surface area contributed by atoms with Gasteiger partial charge >= 0.3 is 0 Å². The molecule has 6 unspecified atom stereocenters. The number of carbonyl (C=O) groups excluding carboxylic acids is 4. The summed E-state index contributed by atoms with van der Waals surface area (Å²) in [4.78, 5) is 59.1. The number of hydrogen-bond donors (Lipinski definition) is 1. The minimum Gasteiger partial charge on any atom is -0.508 e. The van der Waals surface area contributed by atoms with Crippen molar-refractivity contribution in [1.82, 2.24) is 0 Å². The van der Waals surface area contributed by atoms with E-state index in [4.69, 9.17) is 0 Å². The Morgan fingerprint density at radius 2 is 1.56 bits per heavy atom. The normalized spacial score (nSPS) is 29.7. The quantitative estimate of drug-likeness (QED) is 0.316. The number of fused-ring (bicyclic) bond motifs is 4. The Morgan fingerprint density at radius 1 is 0.860 bits per heavy atom. The van der Waals surface area contributed by atoms with Crippen LogP contribution in [0.3, 0.4) is 0 Å². The molecule has 1 saturated carbocycles. The van der Waals surface area contributed by atoms with Crippen molar-refractivity contribution in [3.05, 3.63) is 108 Å². The number of aromatic hydroxyl groups is 1. The van der Waals surface area contributed by atoms with Gasteiger partial charge in [-0.15, -0.1) is 0 Å². The summed E-state index contributed by atoms with van der Waals surface area (Å²) in [6, 6.07) is 21.4. The average Bonchev–Trinajstić information content (AvgIpc) is 3.38. The van der Waals surface area contributed by atoms with Crippen molar-refractivity contribution >= 4 is 41.1 Å². The van der Waals surface area contributed by atoms with Crippen LogP contribution in [0.5, 0.6) is 5.75 Å². The lowest BCUT2D eigenvalue weighted by atomic mass is 9.51. The second-order valence-electron chi connectivity index (χ2n) is 12.4. The Hall–Kier alpha value is -4.78. The molecule has 1 N–H and O–H groups in total. The van der Waals surface area contributed by atoms with E-state index in [0.717, 1.165) is 16.7 Å². The van der Waals surface area contributed by atoms with E-state index >= 15 is 0 Å². The van der Waals surface area contributed by atoms with Gasteiger partial charge in [0.1, 0.15) is 5.75 Å². The van der Waals surface area contributed by atoms with Crippen molar-refractivity contribution in [2.75, 3.05) is 9.80 Å². The van der Waals surface area contributed by atoms with Gasteiger partial charge in [0, 0.05) is 5.92 Å². The largest absolute Gasteiger partial charge is 0.508 e. The minimum atomic E-state index is -1.11. The molecule has 0 spiro atoms. The molecule has 3 fully saturated rings. The number of nitrogens with zero attached hydrogens (tertiary/aromatic N) is 2. The summed E-state index contributed by atoms with van der Waals surface area (Å²) in [7, 11) is 0. The third kappa shape index (κ3) is 3.73. The molecule has 0 radical (unpaired) electrons. The summed E-state index contributed by atoms with van der Waals surface area (Å²) < 4.78 is 0. The minimum absolute atomic E-state index is 0.143. The van der Waals surface area contributed by atoms with Gasteiger partial charge in [-0.2, -0.15) is 0 Å². The van der Waals surface area contributed by atoms with E-state index < -0.39 is 35.0 Å². The van der Waals surface area contributed by atoms with Crippen LogP contribution in [0.25, 0.3) is 6.08 Å². The fourth-order valence-corrected chi connectivity index (χ4v) is 8.09. The van der Waals surface area contributed by atoms with Gasteiger partial charge in [-0.1, -0.05) is 66.8 Å². The van der Waals surface area contributed by atoms with Gasteiger partial charge in [0.2, 0.25) is 23.6 Å². The van der Waals surface area contributed by atoms with E-state index in [1.54, 1.807) is 55.5 Å². The number of para-hydroxylation sites is 1. The second-order valence-corrected chi connectivity index (χ2v) is 12.4. The molecule has 43 heavy (non-hydrogen) atoms. The zero-order valence-corrected chi connectivity index (χ0v) is 24.1. The number of rotatable bonds is 4. The highest BCUT2D eigenvalue weighted by molar-refractivity contribution is 6.25. The van der Waals surface area contributed by atoms with E-state index in [-0.39, 0.29) is 29.4 Å². The van der Waals surface area contributed by atoms with Crippen LogP contribution in [-0.4, -0.2) is 28.7 Å². The molecule has 7 rings (SSSR count). The molecule has 2 aliphatic carbocycles. The highest BCUT2D eigenvalue weighted by Gasteiger charge is 2.67. The van der Waals surface area contributed by atoms with Gasteiger partial charge < -0.3 is 5.11 Å². The monoisotopic (exact) mass is 572 g/mol. The van der Waals surface area contributed by atoms with Crippen LogP contribution in [0.2, 0.25) is 0 Å². The predicted molar refractivity (Wildman–Crippen MR) is 163 cm³/mol. The van der Waals surface area contributed by atoms with Crippen LogP contribution in [-0.2, 0) is 19.2 Å². The van der Waals surface area contributed by atoms with E-state index in [9.17, 15) is 24.3 Å². The number of amides is 4. The number of aryl methyl sites for hydroxylation is 1. The van der Waals surface area contributed by atoms with Crippen LogP contribution in [0, 0.1) is 36.0 Å². The smallest absolute Gasteiger partial charge is 0.241 e. The first-order valence-corrected chi connectivity index (χ1v) is 14.7. The maximum absolute atomic E-state index is 14.4. The number of anilines is 2. The first-order chi connectivity index (χ1) is 20.7. The fourth-order valence-electron chi connectivity index (χ4n) is 8.09. The Balaban J connectivity index is 1.36. The maximum Gasteiger partial charge on any atom is 0.241 e. The first-order valence-electron chi connectivity index (χ1n) is 14.7. The second kappa shape index (κ2) is 9.63. The summed E-state index contributed by atoms with van der Waals surface area (Å²) in [5.74, 6) is -3.68. The van der Waals surface area contributed by atoms with Gasteiger partial charge in [-0.05, 0) is 79.6 Å². The Bertz CT molecular complexity index is 1740. The standard InChI is InChI=1S/C36H32N2O5/c1-4-21-10-13-24(14-11-21)37-32(40)26-16-15-25-27(30(26)34(37)42)19-28-33(41)38(23-8-6-5-7-9-23)35(43)36(28,3)31(25)22-12-17-29(39)20(2)18-22/h4-15,17-18,26-28,30-31,39H,1,16,19H2,2-3H3. The molecule has 7 nitrogen and oxygen atoms in total. The molecule has 3 aromatic rings. The topological polar surface area (TPSA) is 95.0 Å². The number of allylic oxidation sites excluding steroid dienone is 2. The number of phenols is 1. The Labute approximate surface area is 250 Å². The Kier molecular flexibility index (Phi) is 6.06. The first kappa shape index (κ1) is 27.1. The molecule has 4 aliphatic rings. The van der Waals surface area contributed by atoms with Gasteiger partial charge in [0.25, 0.3) is 0 Å². The van der Waals surface area contributed by atoms with Crippen molar-refractivity contribution in [1.29, 1.82) is 0 Å². The fraction of sp³-hybridized carbons (Fsp3) is 0.278. The molecule has 2 heterocycles. The Morgan fingerprint density at radius 3 is 2.23 bits per heavy atom. The van der Waals surface area contributed by atoms with Crippen molar-refractivity contribution in [2.24, 2.45) is 29.1 Å². The maximum atomic E-state index is 14.4. The number of imide groups is 2. The van der Waals surface area contributed by atoms with Crippen molar-refractivity contribution in [2.45, 2.75) is 32.6 Å². The van der Waals surface area contributed by atoms with Crippen molar-refractivity contribution in [3.63, 3.8) is 0 Å². The number of benzene rings is 3. The molecule has 0 bridgehead atoms. The van der Waals surface area contributed by atoms with Crippen LogP contribution in [0.15, 0.2) is 91.0 Å². The SMILES string of the molecule is C=Cc1ccc(N2C(=O)C3CC=C4C(CC5C(=O)N(c6ccccc6)C(=O)C5(C)C4c4ccc(O)c(C)c4)C3C2=O)cc1. The molecule has 0 aromatic heterocycles. The van der Waals surface area contributed by atoms with Crippen LogP contribution < -0.4 is 9.80 Å². The summed E-state index contributed by atoms with van der Waals surface area (Å²) in [6.07, 6.45) is 4.42. The average molecular weight is 573 g/mol. The van der Waals surface area contributed by atoms with E-state index in [1.165, 1.54) is 9.80 Å².